The minimum atomic E-state index is -0.905. The molecule has 1 saturated heterocycles. The topological polar surface area (TPSA) is 135 Å². The van der Waals surface area contributed by atoms with Gasteiger partial charge in [-0.05, 0) is 61.2 Å². The Morgan fingerprint density at radius 3 is 2.55 bits per heavy atom. The molecule has 3 N–H and O–H groups in total. The van der Waals surface area contributed by atoms with Crippen LogP contribution in [0.2, 0.25) is 0 Å². The highest BCUT2D eigenvalue weighted by Crippen LogP contribution is 2.24. The van der Waals surface area contributed by atoms with Gasteiger partial charge in [-0.3, -0.25) is 19.7 Å². The monoisotopic (exact) mass is 510 g/mol. The fraction of sp³-hybridized carbons (Fsp3) is 0.214. The quantitative estimate of drug-likeness (QED) is 0.351. The Morgan fingerprint density at radius 2 is 1.79 bits per heavy atom. The molecular weight excluding hydrogens is 484 g/mol. The number of carbonyl (C=O) groups is 3. The van der Waals surface area contributed by atoms with Crippen molar-refractivity contribution in [3.05, 3.63) is 88.2 Å². The van der Waals surface area contributed by atoms with E-state index in [4.69, 9.17) is 0 Å². The molecule has 1 aromatic heterocycles. The summed E-state index contributed by atoms with van der Waals surface area (Å²) >= 11 is 0. The molecule has 1 fully saturated rings. The first-order valence-corrected chi connectivity index (χ1v) is 12.3. The van der Waals surface area contributed by atoms with Crippen LogP contribution in [-0.4, -0.2) is 32.8 Å². The van der Waals surface area contributed by atoms with Crippen LogP contribution in [0, 0.1) is 6.92 Å². The summed E-state index contributed by atoms with van der Waals surface area (Å²) in [7, 11) is 0. The van der Waals surface area contributed by atoms with Crippen molar-refractivity contribution in [3.63, 3.8) is 0 Å². The summed E-state index contributed by atoms with van der Waals surface area (Å²) in [5.74, 6) is -0.957. The molecule has 192 valence electrons. The van der Waals surface area contributed by atoms with Gasteiger partial charge in [0.25, 0.3) is 11.5 Å². The molecular formula is C28H26N6O4. The summed E-state index contributed by atoms with van der Waals surface area (Å²) in [6.07, 6.45) is 0.292. The second-order valence-corrected chi connectivity index (χ2v) is 9.35. The second-order valence-electron chi connectivity index (χ2n) is 9.35. The van der Waals surface area contributed by atoms with Gasteiger partial charge in [0.2, 0.25) is 5.91 Å². The predicted octanol–water partition coefficient (Wildman–Crippen LogP) is 3.63. The van der Waals surface area contributed by atoms with E-state index in [1.165, 1.54) is 0 Å². The van der Waals surface area contributed by atoms with Gasteiger partial charge in [0.15, 0.2) is 0 Å². The number of anilines is 1. The van der Waals surface area contributed by atoms with Crippen LogP contribution in [0.25, 0.3) is 22.0 Å². The number of nitrogens with zero attached hydrogens (tertiary/aromatic N) is 3. The van der Waals surface area contributed by atoms with E-state index in [0.29, 0.717) is 16.8 Å². The van der Waals surface area contributed by atoms with Gasteiger partial charge in [-0.2, -0.15) is 4.68 Å². The number of hydrogen-bond donors (Lipinski definition) is 3. The van der Waals surface area contributed by atoms with E-state index in [1.807, 2.05) is 49.4 Å². The van der Waals surface area contributed by atoms with Crippen molar-refractivity contribution in [2.75, 3.05) is 5.32 Å². The highest BCUT2D eigenvalue weighted by molar-refractivity contribution is 5.99. The van der Waals surface area contributed by atoms with Gasteiger partial charge < -0.3 is 10.6 Å². The minimum Gasteiger partial charge on any atom is -0.331 e. The van der Waals surface area contributed by atoms with E-state index >= 15 is 0 Å². The number of rotatable bonds is 5. The molecule has 1 aliphatic rings. The predicted molar refractivity (Wildman–Crippen MR) is 142 cm³/mol. The molecule has 0 saturated carbocycles. The molecule has 2 atom stereocenters. The molecule has 5 rings (SSSR count). The third-order valence-corrected chi connectivity index (χ3v) is 6.53. The van der Waals surface area contributed by atoms with Crippen molar-refractivity contribution < 1.29 is 14.4 Å². The average molecular weight is 511 g/mol. The molecule has 10 heteroatoms. The first-order valence-electron chi connectivity index (χ1n) is 12.3. The van der Waals surface area contributed by atoms with E-state index in [2.05, 4.69) is 32.3 Å². The number of piperidine rings is 1. The van der Waals surface area contributed by atoms with Crippen LogP contribution in [0.1, 0.15) is 43.0 Å². The van der Waals surface area contributed by atoms with Crippen molar-refractivity contribution in [2.24, 2.45) is 0 Å². The molecule has 0 spiro atoms. The lowest BCUT2D eigenvalue weighted by Gasteiger charge is -2.21. The second kappa shape index (κ2) is 10.3. The Morgan fingerprint density at radius 1 is 1.03 bits per heavy atom. The van der Waals surface area contributed by atoms with Crippen LogP contribution < -0.4 is 21.5 Å². The molecule has 0 bridgehead atoms. The van der Waals surface area contributed by atoms with Crippen LogP contribution in [-0.2, 0) is 9.59 Å². The zero-order valence-electron chi connectivity index (χ0n) is 20.9. The third kappa shape index (κ3) is 5.15. The zero-order valence-corrected chi connectivity index (χ0v) is 20.9. The highest BCUT2D eigenvalue weighted by atomic mass is 16.2. The average Bonchev–Trinajstić information content (AvgIpc) is 2.89. The number of amides is 4. The Balaban J connectivity index is 1.32. The number of benzene rings is 3. The van der Waals surface area contributed by atoms with Gasteiger partial charge in [-0.1, -0.05) is 53.2 Å². The number of carbonyl (C=O) groups excluding carboxylic acids is 3. The maximum atomic E-state index is 13.2. The minimum absolute atomic E-state index is 0.118. The highest BCUT2D eigenvalue weighted by Gasteiger charge is 2.30. The summed E-state index contributed by atoms with van der Waals surface area (Å²) in [4.78, 5) is 49.6. The zero-order chi connectivity index (χ0) is 26.8. The third-order valence-electron chi connectivity index (χ3n) is 6.53. The first-order chi connectivity index (χ1) is 18.3. The summed E-state index contributed by atoms with van der Waals surface area (Å²) < 4.78 is 1.01. The Labute approximate surface area is 218 Å². The summed E-state index contributed by atoms with van der Waals surface area (Å²) in [6, 6.07) is 19.0. The van der Waals surface area contributed by atoms with Gasteiger partial charge in [-0.15, -0.1) is 5.10 Å². The van der Waals surface area contributed by atoms with Gasteiger partial charge in [0, 0.05) is 12.1 Å². The number of imide groups is 1. The normalized spacial score (nSPS) is 16.1. The molecule has 3 aromatic carbocycles. The van der Waals surface area contributed by atoms with Crippen LogP contribution in [0.15, 0.2) is 71.5 Å². The summed E-state index contributed by atoms with van der Waals surface area (Å²) in [5.41, 5.74) is 4.41. The smallest absolute Gasteiger partial charge is 0.319 e. The van der Waals surface area contributed by atoms with Crippen LogP contribution in [0.3, 0.4) is 0 Å². The van der Waals surface area contributed by atoms with E-state index in [9.17, 15) is 19.2 Å². The van der Waals surface area contributed by atoms with Crippen LogP contribution >= 0.6 is 0 Å². The number of aromatic nitrogens is 3. The maximum Gasteiger partial charge on any atom is 0.319 e. The van der Waals surface area contributed by atoms with Gasteiger partial charge >= 0.3 is 6.03 Å². The van der Waals surface area contributed by atoms with Crippen LogP contribution in [0.4, 0.5) is 10.5 Å². The summed E-state index contributed by atoms with van der Waals surface area (Å²) in [6.45, 7) is 3.83. The van der Waals surface area contributed by atoms with Crippen molar-refractivity contribution in [1.82, 2.24) is 25.6 Å². The van der Waals surface area contributed by atoms with E-state index in [1.54, 1.807) is 25.1 Å². The molecule has 2 heterocycles. The number of urea groups is 1. The fourth-order valence-electron chi connectivity index (χ4n) is 4.51. The SMILES string of the molecule is Cc1cccc(-c2cccc(NC(=O)NC(C)c3ccc4nnn(C5CCC(=O)NC5=O)c(=O)c4c3)c2)c1. The van der Waals surface area contributed by atoms with Crippen LogP contribution in [0.5, 0.6) is 0 Å². The Kier molecular flexibility index (Phi) is 6.69. The van der Waals surface area contributed by atoms with Gasteiger partial charge in [-0.25, -0.2) is 4.79 Å². The first kappa shape index (κ1) is 24.8. The molecule has 0 radical (unpaired) electrons. The molecule has 38 heavy (non-hydrogen) atoms. The van der Waals surface area contributed by atoms with Crippen molar-refractivity contribution in [3.8, 4) is 11.1 Å². The lowest BCUT2D eigenvalue weighted by atomic mass is 10.0. The fourth-order valence-corrected chi connectivity index (χ4v) is 4.51. The van der Waals surface area contributed by atoms with E-state index in [-0.39, 0.29) is 24.1 Å². The Hall–Kier alpha value is -4.86. The molecule has 10 nitrogen and oxygen atoms in total. The Bertz CT molecular complexity index is 1630. The van der Waals surface area contributed by atoms with E-state index < -0.39 is 29.6 Å². The van der Waals surface area contributed by atoms with Crippen molar-refractivity contribution >= 4 is 34.4 Å². The standard InChI is InChI=1S/C28H26N6O4/c1-16-5-3-6-19(13-16)20-7-4-8-21(14-20)30-28(38)29-17(2)18-9-10-23-22(15-18)27(37)34(33-32-23)24-11-12-25(35)31-26(24)36/h3-10,13-15,17,24H,11-12H2,1-2H3,(H2,29,30,38)(H,31,35,36). The van der Waals surface area contributed by atoms with Crippen molar-refractivity contribution in [2.45, 2.75) is 38.8 Å². The van der Waals surface area contributed by atoms with Gasteiger partial charge in [0.1, 0.15) is 11.6 Å². The number of aryl methyl sites for hydroxylation is 1. The number of fused-ring (bicyclic) bond motifs is 1. The molecule has 2 unspecified atom stereocenters. The van der Waals surface area contributed by atoms with E-state index in [0.717, 1.165) is 21.4 Å². The maximum absolute atomic E-state index is 13.2. The van der Waals surface area contributed by atoms with Crippen molar-refractivity contribution in [1.29, 1.82) is 0 Å². The van der Waals surface area contributed by atoms with Gasteiger partial charge in [0.05, 0.1) is 11.4 Å². The number of hydrogen-bond acceptors (Lipinski definition) is 6. The molecule has 0 aliphatic carbocycles. The largest absolute Gasteiger partial charge is 0.331 e. The molecule has 4 amide bonds. The summed E-state index contributed by atoms with van der Waals surface area (Å²) in [5, 5.41) is 16.2. The molecule has 4 aromatic rings. The number of nitrogens with one attached hydrogen (secondary N) is 3. The lowest BCUT2D eigenvalue weighted by Crippen LogP contribution is -2.45. The lowest BCUT2D eigenvalue weighted by molar-refractivity contribution is -0.136. The molecule has 1 aliphatic heterocycles.